The molecule has 0 atom stereocenters. The van der Waals surface area contributed by atoms with E-state index in [1.54, 1.807) is 12.3 Å². The highest BCUT2D eigenvalue weighted by Crippen LogP contribution is 2.18. The first kappa shape index (κ1) is 12.1. The van der Waals surface area contributed by atoms with E-state index in [0.717, 1.165) is 5.82 Å². The molecule has 1 fully saturated rings. The van der Waals surface area contributed by atoms with Crippen LogP contribution in [0.15, 0.2) is 18.3 Å². The maximum absolute atomic E-state index is 10.9. The van der Waals surface area contributed by atoms with Crippen molar-refractivity contribution in [1.82, 2.24) is 19.9 Å². The number of aromatic nitrogens is 3. The van der Waals surface area contributed by atoms with Gasteiger partial charge < -0.3 is 10.4 Å². The number of hydrogen-bond acceptors (Lipinski definition) is 4. The molecular formula is C13H16N4O2. The Balaban J connectivity index is 1.78. The van der Waals surface area contributed by atoms with E-state index in [4.69, 9.17) is 5.11 Å². The first-order valence-corrected chi connectivity index (χ1v) is 6.54. The van der Waals surface area contributed by atoms with Crippen LogP contribution in [-0.4, -0.2) is 31.7 Å². The standard InChI is InChI=1S/C13H16N4O2/c18-13(19)9-5-6-17-11(7-9)15-16-12(17)8-14-10-3-1-2-4-10/h5-7,10,14H,1-4,8H2,(H,18,19). The van der Waals surface area contributed by atoms with E-state index < -0.39 is 5.97 Å². The van der Waals surface area contributed by atoms with E-state index >= 15 is 0 Å². The molecule has 2 heterocycles. The molecule has 2 N–H and O–H groups in total. The van der Waals surface area contributed by atoms with Crippen molar-refractivity contribution >= 4 is 11.6 Å². The molecule has 6 nitrogen and oxygen atoms in total. The summed E-state index contributed by atoms with van der Waals surface area (Å²) in [6.07, 6.45) is 6.74. The molecule has 2 aromatic heterocycles. The van der Waals surface area contributed by atoms with Gasteiger partial charge in [-0.25, -0.2) is 4.79 Å². The lowest BCUT2D eigenvalue weighted by molar-refractivity contribution is 0.0697. The molecule has 0 radical (unpaired) electrons. The van der Waals surface area contributed by atoms with E-state index in [1.165, 1.54) is 31.7 Å². The molecule has 3 rings (SSSR count). The third-order valence-electron chi connectivity index (χ3n) is 3.63. The van der Waals surface area contributed by atoms with E-state index in [-0.39, 0.29) is 5.56 Å². The van der Waals surface area contributed by atoms with Crippen molar-refractivity contribution in [3.05, 3.63) is 29.7 Å². The van der Waals surface area contributed by atoms with E-state index in [9.17, 15) is 4.79 Å². The number of carbonyl (C=O) groups is 1. The van der Waals surface area contributed by atoms with Gasteiger partial charge in [0, 0.05) is 12.2 Å². The highest BCUT2D eigenvalue weighted by Gasteiger charge is 2.15. The summed E-state index contributed by atoms with van der Waals surface area (Å²) in [4.78, 5) is 10.9. The van der Waals surface area contributed by atoms with Crippen LogP contribution < -0.4 is 5.32 Å². The summed E-state index contributed by atoms with van der Waals surface area (Å²) in [6.45, 7) is 0.665. The number of nitrogens with one attached hydrogen (secondary N) is 1. The van der Waals surface area contributed by atoms with Crippen molar-refractivity contribution < 1.29 is 9.90 Å². The molecule has 0 spiro atoms. The third kappa shape index (κ3) is 2.44. The second kappa shape index (κ2) is 4.97. The number of pyridine rings is 1. The number of nitrogens with zero attached hydrogens (tertiary/aromatic N) is 3. The van der Waals surface area contributed by atoms with Gasteiger partial charge >= 0.3 is 5.97 Å². The van der Waals surface area contributed by atoms with Crippen LogP contribution in [0.5, 0.6) is 0 Å². The van der Waals surface area contributed by atoms with Gasteiger partial charge in [0.05, 0.1) is 12.1 Å². The zero-order valence-electron chi connectivity index (χ0n) is 10.5. The average Bonchev–Trinajstić information content (AvgIpc) is 3.05. The predicted molar refractivity (Wildman–Crippen MR) is 69.0 cm³/mol. The van der Waals surface area contributed by atoms with Gasteiger partial charge in [-0.2, -0.15) is 0 Å². The number of fused-ring (bicyclic) bond motifs is 1. The molecule has 0 amide bonds. The Kier molecular flexibility index (Phi) is 3.16. The summed E-state index contributed by atoms with van der Waals surface area (Å²) in [7, 11) is 0. The molecule has 1 aliphatic rings. The molecule has 2 aromatic rings. The quantitative estimate of drug-likeness (QED) is 0.870. The van der Waals surface area contributed by atoms with Crippen molar-refractivity contribution in [1.29, 1.82) is 0 Å². The first-order chi connectivity index (χ1) is 9.24. The summed E-state index contributed by atoms with van der Waals surface area (Å²) >= 11 is 0. The molecule has 1 saturated carbocycles. The Labute approximate surface area is 110 Å². The fourth-order valence-corrected chi connectivity index (χ4v) is 2.56. The molecule has 100 valence electrons. The van der Waals surface area contributed by atoms with E-state index in [2.05, 4.69) is 15.5 Å². The molecule has 0 unspecified atom stereocenters. The van der Waals surface area contributed by atoms with Crippen molar-refractivity contribution in [3.63, 3.8) is 0 Å². The highest BCUT2D eigenvalue weighted by molar-refractivity contribution is 5.88. The lowest BCUT2D eigenvalue weighted by Crippen LogP contribution is -2.26. The summed E-state index contributed by atoms with van der Waals surface area (Å²) < 4.78 is 1.83. The average molecular weight is 260 g/mol. The smallest absolute Gasteiger partial charge is 0.335 e. The van der Waals surface area contributed by atoms with Crippen LogP contribution in [0, 0.1) is 0 Å². The normalized spacial score (nSPS) is 16.2. The molecule has 0 saturated heterocycles. The fraction of sp³-hybridized carbons (Fsp3) is 0.462. The summed E-state index contributed by atoms with van der Waals surface area (Å²) in [6, 6.07) is 3.68. The molecule has 6 heteroatoms. The Morgan fingerprint density at radius 1 is 1.42 bits per heavy atom. The second-order valence-electron chi connectivity index (χ2n) is 4.93. The van der Waals surface area contributed by atoms with Crippen LogP contribution in [-0.2, 0) is 6.54 Å². The summed E-state index contributed by atoms with van der Waals surface area (Å²) in [5, 5.41) is 20.5. The van der Waals surface area contributed by atoms with Crippen LogP contribution in [0.1, 0.15) is 41.9 Å². The Hall–Kier alpha value is -1.95. The largest absolute Gasteiger partial charge is 0.478 e. The van der Waals surface area contributed by atoms with E-state index in [1.807, 2.05) is 4.40 Å². The maximum Gasteiger partial charge on any atom is 0.335 e. The van der Waals surface area contributed by atoms with Crippen molar-refractivity contribution in [2.24, 2.45) is 0 Å². The van der Waals surface area contributed by atoms with Gasteiger partial charge in [-0.05, 0) is 25.0 Å². The van der Waals surface area contributed by atoms with Gasteiger partial charge in [0.25, 0.3) is 0 Å². The molecular weight excluding hydrogens is 244 g/mol. The Bertz CT molecular complexity index is 602. The monoisotopic (exact) mass is 260 g/mol. The number of aromatic carboxylic acids is 1. The summed E-state index contributed by atoms with van der Waals surface area (Å²) in [5.74, 6) is -0.130. The topological polar surface area (TPSA) is 79.5 Å². The number of carboxylic acids is 1. The van der Waals surface area contributed by atoms with Gasteiger partial charge in [-0.15, -0.1) is 10.2 Å². The summed E-state index contributed by atoms with van der Waals surface area (Å²) in [5.41, 5.74) is 0.804. The zero-order chi connectivity index (χ0) is 13.2. The van der Waals surface area contributed by atoms with Crippen molar-refractivity contribution in [2.75, 3.05) is 0 Å². The van der Waals surface area contributed by atoms with Gasteiger partial charge in [-0.1, -0.05) is 12.8 Å². The second-order valence-corrected chi connectivity index (χ2v) is 4.93. The van der Waals surface area contributed by atoms with Crippen molar-refractivity contribution in [2.45, 2.75) is 38.3 Å². The molecule has 0 aliphatic heterocycles. The minimum atomic E-state index is -0.948. The zero-order valence-corrected chi connectivity index (χ0v) is 10.5. The number of hydrogen-bond donors (Lipinski definition) is 2. The van der Waals surface area contributed by atoms with E-state index in [0.29, 0.717) is 18.2 Å². The molecule has 0 bridgehead atoms. The lowest BCUT2D eigenvalue weighted by Gasteiger charge is -2.10. The minimum Gasteiger partial charge on any atom is -0.478 e. The first-order valence-electron chi connectivity index (χ1n) is 6.54. The van der Waals surface area contributed by atoms with Gasteiger partial charge in [0.2, 0.25) is 0 Å². The van der Waals surface area contributed by atoms with Crippen molar-refractivity contribution in [3.8, 4) is 0 Å². The van der Waals surface area contributed by atoms with Gasteiger partial charge in [0.1, 0.15) is 0 Å². The Morgan fingerprint density at radius 3 is 2.95 bits per heavy atom. The minimum absolute atomic E-state index is 0.232. The third-order valence-corrected chi connectivity index (χ3v) is 3.63. The van der Waals surface area contributed by atoms with Crippen LogP contribution in [0.3, 0.4) is 0 Å². The van der Waals surface area contributed by atoms with Crippen LogP contribution in [0.25, 0.3) is 5.65 Å². The SMILES string of the molecule is O=C(O)c1ccn2c(CNC3CCCC3)nnc2c1. The maximum atomic E-state index is 10.9. The fourth-order valence-electron chi connectivity index (χ4n) is 2.56. The lowest BCUT2D eigenvalue weighted by atomic mass is 10.2. The van der Waals surface area contributed by atoms with Gasteiger partial charge in [0.15, 0.2) is 11.5 Å². The number of carboxylic acid groups (broad SMARTS) is 1. The highest BCUT2D eigenvalue weighted by atomic mass is 16.4. The molecule has 19 heavy (non-hydrogen) atoms. The molecule has 0 aromatic carbocycles. The molecule has 1 aliphatic carbocycles. The Morgan fingerprint density at radius 2 is 2.21 bits per heavy atom. The van der Waals surface area contributed by atoms with Crippen LogP contribution >= 0.6 is 0 Å². The predicted octanol–water partition coefficient (Wildman–Crippen LogP) is 1.46. The van der Waals surface area contributed by atoms with Crippen LogP contribution in [0.4, 0.5) is 0 Å². The number of rotatable bonds is 4. The van der Waals surface area contributed by atoms with Gasteiger partial charge in [-0.3, -0.25) is 4.40 Å². The van der Waals surface area contributed by atoms with Crippen LogP contribution in [0.2, 0.25) is 0 Å².